The largest absolute Gasteiger partial charge is 0.469 e. The van der Waals surface area contributed by atoms with Crippen molar-refractivity contribution in [3.63, 3.8) is 0 Å². The Balaban J connectivity index is 1.96. The highest BCUT2D eigenvalue weighted by Gasteiger charge is 2.44. The first kappa shape index (κ1) is 14.6. The van der Waals surface area contributed by atoms with E-state index in [1.807, 2.05) is 0 Å². The molecule has 0 saturated heterocycles. The fraction of sp³-hybridized carbons (Fsp3) is 0.462. The van der Waals surface area contributed by atoms with E-state index in [0.717, 1.165) is 23.5 Å². The number of methoxy groups -OCH3 is 1. The molecule has 1 aliphatic carbocycles. The van der Waals surface area contributed by atoms with Gasteiger partial charge in [-0.2, -0.15) is 0 Å². The number of esters is 1. The van der Waals surface area contributed by atoms with Crippen LogP contribution in [0.25, 0.3) is 0 Å². The number of rotatable bonds is 6. The molecule has 2 rings (SSSR count). The van der Waals surface area contributed by atoms with Gasteiger partial charge in [-0.15, -0.1) is 11.8 Å². The standard InChI is InChI=1S/C13H16N2O4S/c1-19-12(16)7-13(4-5-13)8-20-9-2-3-11(15(17)18)10(14)6-9/h2-3,6H,4-5,7-8,14H2,1H3. The van der Waals surface area contributed by atoms with Gasteiger partial charge in [0.1, 0.15) is 5.69 Å². The van der Waals surface area contributed by atoms with Crippen molar-refractivity contribution in [3.8, 4) is 0 Å². The molecule has 1 aromatic carbocycles. The van der Waals surface area contributed by atoms with E-state index in [1.165, 1.54) is 13.2 Å². The lowest BCUT2D eigenvalue weighted by molar-refractivity contribution is -0.383. The SMILES string of the molecule is COC(=O)CC1(CSc2ccc([N+](=O)[O-])c(N)c2)CC1. The second-order valence-electron chi connectivity index (χ2n) is 5.02. The Labute approximate surface area is 120 Å². The highest BCUT2D eigenvalue weighted by atomic mass is 32.2. The van der Waals surface area contributed by atoms with Gasteiger partial charge in [0, 0.05) is 16.7 Å². The lowest BCUT2D eigenvalue weighted by Crippen LogP contribution is -2.13. The molecule has 0 unspecified atom stereocenters. The normalized spacial score (nSPS) is 15.7. The highest BCUT2D eigenvalue weighted by molar-refractivity contribution is 7.99. The van der Waals surface area contributed by atoms with Crippen LogP contribution in [-0.2, 0) is 9.53 Å². The zero-order valence-corrected chi connectivity index (χ0v) is 11.9. The molecule has 108 valence electrons. The molecule has 0 aliphatic heterocycles. The maximum atomic E-state index is 11.3. The number of nitrogens with zero attached hydrogens (tertiary/aromatic N) is 1. The van der Waals surface area contributed by atoms with E-state index in [2.05, 4.69) is 0 Å². The lowest BCUT2D eigenvalue weighted by Gasteiger charge is -2.13. The van der Waals surface area contributed by atoms with E-state index in [4.69, 9.17) is 10.5 Å². The number of benzene rings is 1. The van der Waals surface area contributed by atoms with E-state index in [1.54, 1.807) is 23.9 Å². The first-order valence-corrected chi connectivity index (χ1v) is 7.18. The number of ether oxygens (including phenoxy) is 1. The van der Waals surface area contributed by atoms with Crippen LogP contribution < -0.4 is 5.73 Å². The third-order valence-electron chi connectivity index (χ3n) is 3.44. The molecule has 0 bridgehead atoms. The molecule has 1 aromatic rings. The summed E-state index contributed by atoms with van der Waals surface area (Å²) >= 11 is 1.57. The van der Waals surface area contributed by atoms with E-state index in [-0.39, 0.29) is 22.8 Å². The Morgan fingerprint density at radius 3 is 2.75 bits per heavy atom. The van der Waals surface area contributed by atoms with Gasteiger partial charge in [-0.25, -0.2) is 0 Å². The fourth-order valence-corrected chi connectivity index (χ4v) is 3.19. The monoisotopic (exact) mass is 296 g/mol. The number of hydrogen-bond donors (Lipinski definition) is 1. The quantitative estimate of drug-likeness (QED) is 0.285. The molecule has 1 fully saturated rings. The van der Waals surface area contributed by atoms with Crippen LogP contribution in [0.15, 0.2) is 23.1 Å². The third-order valence-corrected chi connectivity index (χ3v) is 4.79. The molecule has 2 N–H and O–H groups in total. The Bertz CT molecular complexity index is 543. The van der Waals surface area contributed by atoms with E-state index in [0.29, 0.717) is 6.42 Å². The Hall–Kier alpha value is -1.76. The molecule has 0 aromatic heterocycles. The van der Waals surface area contributed by atoms with Crippen LogP contribution in [0.3, 0.4) is 0 Å². The molecule has 0 atom stereocenters. The van der Waals surface area contributed by atoms with Gasteiger partial charge >= 0.3 is 5.97 Å². The number of anilines is 1. The van der Waals surface area contributed by atoms with Crippen molar-refractivity contribution in [2.24, 2.45) is 5.41 Å². The molecule has 0 heterocycles. The molecule has 6 nitrogen and oxygen atoms in total. The highest BCUT2D eigenvalue weighted by Crippen LogP contribution is 2.52. The molecule has 1 aliphatic rings. The van der Waals surface area contributed by atoms with E-state index < -0.39 is 4.92 Å². The van der Waals surface area contributed by atoms with Crippen molar-refractivity contribution < 1.29 is 14.5 Å². The molecule has 7 heteroatoms. The van der Waals surface area contributed by atoms with Gasteiger partial charge in [0.05, 0.1) is 18.5 Å². The Morgan fingerprint density at radius 1 is 1.55 bits per heavy atom. The summed E-state index contributed by atoms with van der Waals surface area (Å²) in [7, 11) is 1.39. The van der Waals surface area contributed by atoms with Crippen molar-refractivity contribution in [2.45, 2.75) is 24.2 Å². The summed E-state index contributed by atoms with van der Waals surface area (Å²) in [5.41, 5.74) is 5.76. The average Bonchev–Trinajstić information content (AvgIpc) is 3.16. The molecule has 0 amide bonds. The summed E-state index contributed by atoms with van der Waals surface area (Å²) in [4.78, 5) is 22.4. The van der Waals surface area contributed by atoms with Crippen molar-refractivity contribution in [1.29, 1.82) is 0 Å². The topological polar surface area (TPSA) is 95.5 Å². The van der Waals surface area contributed by atoms with Gasteiger partial charge in [-0.05, 0) is 30.4 Å². The number of nitro groups is 1. The number of carbonyl (C=O) groups is 1. The van der Waals surface area contributed by atoms with E-state index in [9.17, 15) is 14.9 Å². The first-order valence-electron chi connectivity index (χ1n) is 6.19. The van der Waals surface area contributed by atoms with Gasteiger partial charge in [0.25, 0.3) is 5.69 Å². The van der Waals surface area contributed by atoms with Gasteiger partial charge in [-0.1, -0.05) is 0 Å². The molecule has 1 saturated carbocycles. The maximum absolute atomic E-state index is 11.3. The minimum absolute atomic E-state index is 0.0221. The van der Waals surface area contributed by atoms with E-state index >= 15 is 0 Å². The molecule has 20 heavy (non-hydrogen) atoms. The van der Waals surface area contributed by atoms with Gasteiger partial charge in [0.2, 0.25) is 0 Å². The Kier molecular flexibility index (Phi) is 4.17. The smallest absolute Gasteiger partial charge is 0.306 e. The predicted octanol–water partition coefficient (Wildman–Crippen LogP) is 2.61. The fourth-order valence-electron chi connectivity index (χ4n) is 1.95. The number of thioether (sulfide) groups is 1. The van der Waals surface area contributed by atoms with Crippen LogP contribution in [0, 0.1) is 15.5 Å². The minimum Gasteiger partial charge on any atom is -0.469 e. The summed E-state index contributed by atoms with van der Waals surface area (Å²) in [6.45, 7) is 0. The molecule has 0 radical (unpaired) electrons. The first-order chi connectivity index (χ1) is 9.46. The summed E-state index contributed by atoms with van der Waals surface area (Å²) in [5.74, 6) is 0.602. The van der Waals surface area contributed by atoms with Crippen molar-refractivity contribution in [3.05, 3.63) is 28.3 Å². The zero-order chi connectivity index (χ0) is 14.8. The molecular formula is C13H16N2O4S. The number of nitrogen functional groups attached to an aromatic ring is 1. The van der Waals surface area contributed by atoms with Gasteiger partial charge in [0.15, 0.2) is 0 Å². The van der Waals surface area contributed by atoms with Crippen LogP contribution in [-0.4, -0.2) is 23.8 Å². The van der Waals surface area contributed by atoms with Gasteiger partial charge < -0.3 is 10.5 Å². The van der Waals surface area contributed by atoms with Gasteiger partial charge in [-0.3, -0.25) is 14.9 Å². The van der Waals surface area contributed by atoms with Crippen molar-refractivity contribution in [1.82, 2.24) is 0 Å². The average molecular weight is 296 g/mol. The van der Waals surface area contributed by atoms with Crippen LogP contribution in [0.4, 0.5) is 11.4 Å². The zero-order valence-electron chi connectivity index (χ0n) is 11.1. The number of carbonyl (C=O) groups excluding carboxylic acids is 1. The van der Waals surface area contributed by atoms with Crippen molar-refractivity contribution >= 4 is 29.1 Å². The van der Waals surface area contributed by atoms with Crippen molar-refractivity contribution in [2.75, 3.05) is 18.6 Å². The number of nitrogens with two attached hydrogens (primary N) is 1. The summed E-state index contributed by atoms with van der Waals surface area (Å²) < 4.78 is 4.70. The van der Waals surface area contributed by atoms with Crippen LogP contribution >= 0.6 is 11.8 Å². The van der Waals surface area contributed by atoms with Crippen LogP contribution in [0.2, 0.25) is 0 Å². The summed E-state index contributed by atoms with van der Waals surface area (Å²) in [6, 6.07) is 4.71. The second-order valence-corrected chi connectivity index (χ2v) is 6.07. The molecular weight excluding hydrogens is 280 g/mol. The maximum Gasteiger partial charge on any atom is 0.306 e. The second kappa shape index (κ2) is 5.70. The summed E-state index contributed by atoms with van der Waals surface area (Å²) in [5, 5.41) is 10.7. The van der Waals surface area contributed by atoms with Crippen LogP contribution in [0.1, 0.15) is 19.3 Å². The predicted molar refractivity (Wildman–Crippen MR) is 76.5 cm³/mol. The third kappa shape index (κ3) is 3.41. The summed E-state index contributed by atoms with van der Waals surface area (Å²) in [6.07, 6.45) is 2.45. The lowest BCUT2D eigenvalue weighted by atomic mass is 10.1. The minimum atomic E-state index is -0.497. The molecule has 0 spiro atoms. The van der Waals surface area contributed by atoms with Crippen LogP contribution in [0.5, 0.6) is 0 Å². The number of hydrogen-bond acceptors (Lipinski definition) is 6. The Morgan fingerprint density at radius 2 is 2.25 bits per heavy atom. The number of nitro benzene ring substituents is 1.